The van der Waals surface area contributed by atoms with Gasteiger partial charge in [-0.05, 0) is 25.3 Å². The minimum absolute atomic E-state index is 0.636. The first-order chi connectivity index (χ1) is 7.90. The minimum Gasteiger partial charge on any atom is -0.330 e. The third-order valence-electron chi connectivity index (χ3n) is 3.48. The second-order valence-electron chi connectivity index (χ2n) is 4.57. The Bertz CT molecular complexity index is 286. The molecule has 3 nitrogen and oxygen atoms in total. The van der Waals surface area contributed by atoms with Gasteiger partial charge >= 0.3 is 0 Å². The number of rotatable bonds is 5. The third kappa shape index (κ3) is 3.27. The summed E-state index contributed by atoms with van der Waals surface area (Å²) in [7, 11) is 0. The van der Waals surface area contributed by atoms with Gasteiger partial charge in [0.2, 0.25) is 0 Å². The molecule has 2 atom stereocenters. The van der Waals surface area contributed by atoms with Crippen molar-refractivity contribution in [2.75, 3.05) is 13.1 Å². The lowest BCUT2D eigenvalue weighted by Gasteiger charge is -2.31. The van der Waals surface area contributed by atoms with Crippen LogP contribution >= 0.6 is 11.3 Å². The van der Waals surface area contributed by atoms with Gasteiger partial charge in [-0.15, -0.1) is 11.3 Å². The largest absolute Gasteiger partial charge is 0.330 e. The van der Waals surface area contributed by atoms with E-state index in [1.165, 1.54) is 31.4 Å². The standard InChI is InChI=1S/C12H21N3S/c13-7-10-3-1-2-4-12(10)14-6-5-11-8-16-9-15-11/h8-10,12,14H,1-7,13H2. The summed E-state index contributed by atoms with van der Waals surface area (Å²) < 4.78 is 0. The first kappa shape index (κ1) is 12.0. The van der Waals surface area contributed by atoms with Gasteiger partial charge in [-0.25, -0.2) is 4.98 Å². The van der Waals surface area contributed by atoms with E-state index in [0.29, 0.717) is 12.0 Å². The molecular weight excluding hydrogens is 218 g/mol. The van der Waals surface area contributed by atoms with E-state index in [1.54, 1.807) is 11.3 Å². The SMILES string of the molecule is NCC1CCCCC1NCCc1cscn1. The molecule has 0 spiro atoms. The summed E-state index contributed by atoms with van der Waals surface area (Å²) in [5, 5.41) is 5.77. The number of nitrogens with zero attached hydrogens (tertiary/aromatic N) is 1. The van der Waals surface area contributed by atoms with Crippen LogP contribution in [0.15, 0.2) is 10.9 Å². The number of aromatic nitrogens is 1. The highest BCUT2D eigenvalue weighted by molar-refractivity contribution is 7.07. The number of hydrogen-bond acceptors (Lipinski definition) is 4. The topological polar surface area (TPSA) is 50.9 Å². The van der Waals surface area contributed by atoms with Crippen LogP contribution in [0.1, 0.15) is 31.4 Å². The maximum absolute atomic E-state index is 5.81. The first-order valence-corrected chi connectivity index (χ1v) is 7.15. The van der Waals surface area contributed by atoms with Gasteiger partial charge < -0.3 is 11.1 Å². The molecule has 0 radical (unpaired) electrons. The van der Waals surface area contributed by atoms with E-state index in [1.807, 2.05) is 5.51 Å². The van der Waals surface area contributed by atoms with Crippen LogP contribution in [-0.2, 0) is 6.42 Å². The first-order valence-electron chi connectivity index (χ1n) is 6.20. The fourth-order valence-electron chi connectivity index (χ4n) is 2.51. The highest BCUT2D eigenvalue weighted by Crippen LogP contribution is 2.23. The number of thiazole rings is 1. The van der Waals surface area contributed by atoms with Crippen molar-refractivity contribution in [2.45, 2.75) is 38.1 Å². The van der Waals surface area contributed by atoms with Crippen molar-refractivity contribution in [1.29, 1.82) is 0 Å². The Kier molecular flexibility index (Phi) is 4.75. The van der Waals surface area contributed by atoms with Crippen LogP contribution in [0.4, 0.5) is 0 Å². The molecule has 0 bridgehead atoms. The molecule has 2 rings (SSSR count). The summed E-state index contributed by atoms with van der Waals surface area (Å²) in [6.45, 7) is 1.86. The van der Waals surface area contributed by atoms with Crippen molar-refractivity contribution in [3.8, 4) is 0 Å². The highest BCUT2D eigenvalue weighted by atomic mass is 32.1. The van der Waals surface area contributed by atoms with Crippen LogP contribution in [0, 0.1) is 5.92 Å². The van der Waals surface area contributed by atoms with Gasteiger partial charge in [0.25, 0.3) is 0 Å². The zero-order chi connectivity index (χ0) is 11.2. The molecule has 1 heterocycles. The van der Waals surface area contributed by atoms with Gasteiger partial charge in [-0.1, -0.05) is 12.8 Å². The van der Waals surface area contributed by atoms with Crippen molar-refractivity contribution < 1.29 is 0 Å². The third-order valence-corrected chi connectivity index (χ3v) is 4.12. The molecule has 3 N–H and O–H groups in total. The highest BCUT2D eigenvalue weighted by Gasteiger charge is 2.22. The molecule has 4 heteroatoms. The van der Waals surface area contributed by atoms with Crippen LogP contribution in [0.5, 0.6) is 0 Å². The molecule has 0 aromatic carbocycles. The molecule has 0 amide bonds. The van der Waals surface area contributed by atoms with Gasteiger partial charge in [0.1, 0.15) is 0 Å². The zero-order valence-corrected chi connectivity index (χ0v) is 10.5. The van der Waals surface area contributed by atoms with Gasteiger partial charge in [-0.3, -0.25) is 0 Å². The van der Waals surface area contributed by atoms with Crippen molar-refractivity contribution in [1.82, 2.24) is 10.3 Å². The lowest BCUT2D eigenvalue weighted by atomic mass is 9.84. The molecule has 0 aliphatic heterocycles. The van der Waals surface area contributed by atoms with E-state index in [-0.39, 0.29) is 0 Å². The summed E-state index contributed by atoms with van der Waals surface area (Å²) in [6.07, 6.45) is 6.33. The average Bonchev–Trinajstić information content (AvgIpc) is 2.83. The molecule has 2 unspecified atom stereocenters. The van der Waals surface area contributed by atoms with E-state index in [4.69, 9.17) is 5.73 Å². The van der Waals surface area contributed by atoms with Crippen molar-refractivity contribution in [3.05, 3.63) is 16.6 Å². The fraction of sp³-hybridized carbons (Fsp3) is 0.750. The van der Waals surface area contributed by atoms with E-state index >= 15 is 0 Å². The van der Waals surface area contributed by atoms with Crippen LogP contribution < -0.4 is 11.1 Å². The molecule has 90 valence electrons. The Morgan fingerprint density at radius 1 is 1.44 bits per heavy atom. The maximum atomic E-state index is 5.81. The van der Waals surface area contributed by atoms with E-state index in [0.717, 1.165) is 19.5 Å². The molecule has 0 saturated heterocycles. The predicted molar refractivity (Wildman–Crippen MR) is 68.6 cm³/mol. The fourth-order valence-corrected chi connectivity index (χ4v) is 3.10. The average molecular weight is 239 g/mol. The molecule has 1 aliphatic rings. The molecule has 1 aromatic heterocycles. The smallest absolute Gasteiger partial charge is 0.0794 e. The monoisotopic (exact) mass is 239 g/mol. The number of hydrogen-bond donors (Lipinski definition) is 2. The minimum atomic E-state index is 0.636. The predicted octanol–water partition coefficient (Wildman–Crippen LogP) is 1.79. The summed E-state index contributed by atoms with van der Waals surface area (Å²) in [4.78, 5) is 4.29. The van der Waals surface area contributed by atoms with Gasteiger partial charge in [0, 0.05) is 24.4 Å². The summed E-state index contributed by atoms with van der Waals surface area (Å²) in [5.41, 5.74) is 8.92. The van der Waals surface area contributed by atoms with Gasteiger partial charge in [0.05, 0.1) is 11.2 Å². The van der Waals surface area contributed by atoms with Crippen molar-refractivity contribution in [3.63, 3.8) is 0 Å². The van der Waals surface area contributed by atoms with Crippen LogP contribution in [-0.4, -0.2) is 24.1 Å². The van der Waals surface area contributed by atoms with E-state index < -0.39 is 0 Å². The quantitative estimate of drug-likeness (QED) is 0.823. The second kappa shape index (κ2) is 6.33. The number of nitrogens with two attached hydrogens (primary N) is 1. The zero-order valence-electron chi connectivity index (χ0n) is 9.69. The molecule has 1 fully saturated rings. The van der Waals surface area contributed by atoms with Crippen LogP contribution in [0.2, 0.25) is 0 Å². The maximum Gasteiger partial charge on any atom is 0.0794 e. The summed E-state index contributed by atoms with van der Waals surface area (Å²) in [6, 6.07) is 0.636. The lowest BCUT2D eigenvalue weighted by Crippen LogP contribution is -2.42. The lowest BCUT2D eigenvalue weighted by molar-refractivity contribution is 0.269. The molecule has 16 heavy (non-hydrogen) atoms. The summed E-state index contributed by atoms with van der Waals surface area (Å²) >= 11 is 1.67. The second-order valence-corrected chi connectivity index (χ2v) is 5.29. The number of nitrogens with one attached hydrogen (secondary N) is 1. The van der Waals surface area contributed by atoms with Gasteiger partial charge in [0.15, 0.2) is 0 Å². The molecular formula is C12H21N3S. The Morgan fingerprint density at radius 2 is 2.31 bits per heavy atom. The molecule has 1 saturated carbocycles. The Morgan fingerprint density at radius 3 is 3.06 bits per heavy atom. The molecule has 1 aliphatic carbocycles. The summed E-state index contributed by atoms with van der Waals surface area (Å²) in [5.74, 6) is 0.684. The van der Waals surface area contributed by atoms with Gasteiger partial charge in [-0.2, -0.15) is 0 Å². The Hall–Kier alpha value is -0.450. The van der Waals surface area contributed by atoms with Crippen LogP contribution in [0.3, 0.4) is 0 Å². The van der Waals surface area contributed by atoms with Crippen LogP contribution in [0.25, 0.3) is 0 Å². The van der Waals surface area contributed by atoms with Crippen molar-refractivity contribution >= 4 is 11.3 Å². The van der Waals surface area contributed by atoms with E-state index in [9.17, 15) is 0 Å². The Labute approximate surface area is 101 Å². The molecule has 1 aromatic rings. The van der Waals surface area contributed by atoms with Crippen molar-refractivity contribution in [2.24, 2.45) is 11.7 Å². The normalized spacial score (nSPS) is 25.8. The van der Waals surface area contributed by atoms with E-state index in [2.05, 4.69) is 15.7 Å². The Balaban J connectivity index is 1.71.